The fourth-order valence-electron chi connectivity index (χ4n) is 4.38. The Balaban J connectivity index is 1.62. The number of alkyl halides is 3. The number of aryl methyl sites for hydroxylation is 1. The average Bonchev–Trinajstić information content (AvgIpc) is 3.25. The van der Waals surface area contributed by atoms with E-state index in [0.29, 0.717) is 35.2 Å². The molecule has 2 aromatic carbocycles. The number of nitrogens with two attached hydrogens (primary N) is 1. The zero-order valence-corrected chi connectivity index (χ0v) is 23.4. The van der Waals surface area contributed by atoms with Crippen LogP contribution in [-0.2, 0) is 13.2 Å². The molecule has 1 amide bonds. The minimum Gasteiger partial charge on any atom is -0.397 e. The molecule has 13 heteroatoms. The van der Waals surface area contributed by atoms with Gasteiger partial charge < -0.3 is 20.9 Å². The first-order chi connectivity index (χ1) is 18.9. The molecule has 2 heterocycles. The van der Waals surface area contributed by atoms with Gasteiger partial charge in [-0.3, -0.25) is 14.5 Å². The minimum absolute atomic E-state index is 0.0481. The first-order valence-corrected chi connectivity index (χ1v) is 12.9. The molecule has 0 saturated carbocycles. The number of benzene rings is 2. The van der Waals surface area contributed by atoms with Crippen LogP contribution in [-0.4, -0.2) is 60.9 Å². The van der Waals surface area contributed by atoms with E-state index in [0.717, 1.165) is 36.5 Å². The lowest BCUT2D eigenvalue weighted by Crippen LogP contribution is -2.44. The summed E-state index contributed by atoms with van der Waals surface area (Å²) in [5.74, 6) is -0.585. The molecule has 0 bridgehead atoms. The van der Waals surface area contributed by atoms with Gasteiger partial charge in [-0.05, 0) is 50.4 Å². The number of halogens is 4. The fourth-order valence-corrected chi connectivity index (χ4v) is 4.59. The summed E-state index contributed by atoms with van der Waals surface area (Å²) in [7, 11) is 5.43. The van der Waals surface area contributed by atoms with E-state index in [1.54, 1.807) is 42.2 Å². The van der Waals surface area contributed by atoms with Crippen LogP contribution in [0, 0.1) is 6.92 Å². The van der Waals surface area contributed by atoms with Crippen LogP contribution < -0.4 is 26.4 Å². The van der Waals surface area contributed by atoms with Crippen molar-refractivity contribution in [2.75, 3.05) is 55.5 Å². The summed E-state index contributed by atoms with van der Waals surface area (Å²) < 4.78 is 42.9. The van der Waals surface area contributed by atoms with Gasteiger partial charge in [-0.1, -0.05) is 11.6 Å². The second kappa shape index (κ2) is 11.8. The number of hydrogen-bond acceptors (Lipinski definition) is 7. The second-order valence-corrected chi connectivity index (χ2v) is 10.0. The van der Waals surface area contributed by atoms with Crippen molar-refractivity contribution in [3.63, 3.8) is 0 Å². The predicted octanol–water partition coefficient (Wildman–Crippen LogP) is 4.30. The monoisotopic (exact) mass is 576 g/mol. The Hall–Kier alpha value is -3.74. The zero-order chi connectivity index (χ0) is 29.2. The smallest absolute Gasteiger partial charge is 0.397 e. The van der Waals surface area contributed by atoms with Gasteiger partial charge in [0, 0.05) is 74.7 Å². The second-order valence-electron chi connectivity index (χ2n) is 9.62. The van der Waals surface area contributed by atoms with Crippen molar-refractivity contribution in [1.82, 2.24) is 20.1 Å². The summed E-state index contributed by atoms with van der Waals surface area (Å²) in [6.45, 7) is 4.51. The SMILES string of the molecule is CNN(/C=C(\N)c1cnn(C)c1C)c1cc(C(=O)Nc2cc(N3CCN(C)CC3)cc(C(F)(F)F)c2)ccc1Cl. The van der Waals surface area contributed by atoms with E-state index in [1.165, 1.54) is 18.2 Å². The van der Waals surface area contributed by atoms with Crippen LogP contribution >= 0.6 is 11.6 Å². The summed E-state index contributed by atoms with van der Waals surface area (Å²) in [6, 6.07) is 8.19. The van der Waals surface area contributed by atoms with E-state index in [2.05, 4.69) is 20.7 Å². The standard InChI is InChI=1S/C27H32ClF3N8O/c1-17-22(15-34-37(17)4)24(32)16-39(33-2)25-11-18(5-6-23(25)28)26(40)35-20-12-19(27(29,30)31)13-21(14-20)38-9-7-36(3)8-10-38/h5-6,11-16,33H,7-10,32H2,1-4H3,(H,35,40)/b24-16-. The Kier molecular flexibility index (Phi) is 8.62. The summed E-state index contributed by atoms with van der Waals surface area (Å²) in [5.41, 5.74) is 11.5. The van der Waals surface area contributed by atoms with Gasteiger partial charge in [-0.25, -0.2) is 5.43 Å². The molecule has 1 fully saturated rings. The Labute approximate surface area is 235 Å². The number of carbonyl (C=O) groups excluding carboxylic acids is 1. The number of hydrogen-bond donors (Lipinski definition) is 3. The molecule has 9 nitrogen and oxygen atoms in total. The van der Waals surface area contributed by atoms with Gasteiger partial charge in [-0.15, -0.1) is 0 Å². The third kappa shape index (κ3) is 6.52. The van der Waals surface area contributed by atoms with Crippen LogP contribution in [0.1, 0.15) is 27.2 Å². The molecule has 4 rings (SSSR count). The summed E-state index contributed by atoms with van der Waals surface area (Å²) in [5, 5.41) is 8.71. The molecular formula is C27H32ClF3N8O. The van der Waals surface area contributed by atoms with Crippen molar-refractivity contribution >= 4 is 40.3 Å². The Morgan fingerprint density at radius 1 is 1.12 bits per heavy atom. The molecule has 1 saturated heterocycles. The van der Waals surface area contributed by atoms with E-state index in [-0.39, 0.29) is 11.3 Å². The van der Waals surface area contributed by atoms with E-state index >= 15 is 0 Å². The van der Waals surface area contributed by atoms with Crippen LogP contribution in [0.5, 0.6) is 0 Å². The maximum atomic E-state index is 13.7. The van der Waals surface area contributed by atoms with Crippen molar-refractivity contribution < 1.29 is 18.0 Å². The van der Waals surface area contributed by atoms with Crippen LogP contribution in [0.4, 0.5) is 30.2 Å². The molecule has 0 atom stereocenters. The molecule has 1 aromatic heterocycles. The zero-order valence-electron chi connectivity index (χ0n) is 22.7. The van der Waals surface area contributed by atoms with E-state index in [1.807, 2.05) is 18.9 Å². The van der Waals surface area contributed by atoms with Crippen molar-refractivity contribution in [2.24, 2.45) is 12.8 Å². The Morgan fingerprint density at radius 2 is 1.82 bits per heavy atom. The topological polar surface area (TPSA) is 94.7 Å². The van der Waals surface area contributed by atoms with Gasteiger partial charge in [0.05, 0.1) is 28.2 Å². The molecule has 0 aliphatic carbocycles. The van der Waals surface area contributed by atoms with Gasteiger partial charge in [0.15, 0.2) is 0 Å². The van der Waals surface area contributed by atoms with Crippen molar-refractivity contribution in [1.29, 1.82) is 0 Å². The molecule has 1 aliphatic rings. The predicted molar refractivity (Wildman–Crippen MR) is 152 cm³/mol. The minimum atomic E-state index is -4.57. The number of hydrazine groups is 1. The quantitative estimate of drug-likeness (QED) is 0.361. The van der Waals surface area contributed by atoms with Crippen LogP contribution in [0.15, 0.2) is 48.8 Å². The molecule has 0 radical (unpaired) electrons. The van der Waals surface area contributed by atoms with Gasteiger partial charge in [0.25, 0.3) is 5.91 Å². The third-order valence-corrected chi connectivity index (χ3v) is 7.21. The van der Waals surface area contributed by atoms with Gasteiger partial charge in [0.1, 0.15) is 0 Å². The number of piperazine rings is 1. The molecule has 214 valence electrons. The number of nitrogens with one attached hydrogen (secondary N) is 2. The first kappa shape index (κ1) is 29.2. The molecule has 0 unspecified atom stereocenters. The first-order valence-electron chi connectivity index (χ1n) is 12.6. The lowest BCUT2D eigenvalue weighted by Gasteiger charge is -2.34. The average molecular weight is 577 g/mol. The number of carbonyl (C=O) groups is 1. The van der Waals surface area contributed by atoms with Crippen molar-refractivity contribution in [3.05, 3.63) is 76.2 Å². The summed E-state index contributed by atoms with van der Waals surface area (Å²) in [6.07, 6.45) is -1.31. The number of amides is 1. The maximum Gasteiger partial charge on any atom is 0.416 e. The molecule has 0 spiro atoms. The molecule has 1 aliphatic heterocycles. The van der Waals surface area contributed by atoms with E-state index in [4.69, 9.17) is 17.3 Å². The highest BCUT2D eigenvalue weighted by Crippen LogP contribution is 2.35. The highest BCUT2D eigenvalue weighted by molar-refractivity contribution is 6.33. The number of anilines is 3. The highest BCUT2D eigenvalue weighted by Gasteiger charge is 2.32. The number of aromatic nitrogens is 2. The third-order valence-electron chi connectivity index (χ3n) is 6.89. The van der Waals surface area contributed by atoms with Crippen molar-refractivity contribution in [3.8, 4) is 0 Å². The summed E-state index contributed by atoms with van der Waals surface area (Å²) in [4.78, 5) is 17.2. The Morgan fingerprint density at radius 3 is 2.42 bits per heavy atom. The highest BCUT2D eigenvalue weighted by atomic mass is 35.5. The van der Waals surface area contributed by atoms with Gasteiger partial charge >= 0.3 is 6.18 Å². The van der Waals surface area contributed by atoms with E-state index < -0.39 is 17.6 Å². The maximum absolute atomic E-state index is 13.7. The Bertz CT molecular complexity index is 1410. The number of likely N-dealkylation sites (N-methyl/N-ethyl adjacent to an activating group) is 1. The number of rotatable bonds is 7. The summed E-state index contributed by atoms with van der Waals surface area (Å²) >= 11 is 6.45. The molecule has 4 N–H and O–H groups in total. The van der Waals surface area contributed by atoms with Crippen LogP contribution in [0.3, 0.4) is 0 Å². The van der Waals surface area contributed by atoms with E-state index in [9.17, 15) is 18.0 Å². The fraction of sp³-hybridized carbons (Fsp3) is 0.333. The van der Waals surface area contributed by atoms with Crippen LogP contribution in [0.25, 0.3) is 5.70 Å². The molecular weight excluding hydrogens is 545 g/mol. The van der Waals surface area contributed by atoms with Gasteiger partial charge in [0.2, 0.25) is 0 Å². The van der Waals surface area contributed by atoms with Crippen molar-refractivity contribution in [2.45, 2.75) is 13.1 Å². The molecule has 3 aromatic rings. The number of nitrogens with zero attached hydrogens (tertiary/aromatic N) is 5. The largest absolute Gasteiger partial charge is 0.416 e. The normalized spacial score (nSPS) is 14.9. The lowest BCUT2D eigenvalue weighted by atomic mass is 10.1. The molecule has 40 heavy (non-hydrogen) atoms. The van der Waals surface area contributed by atoms with Crippen LogP contribution in [0.2, 0.25) is 5.02 Å². The lowest BCUT2D eigenvalue weighted by molar-refractivity contribution is -0.137. The van der Waals surface area contributed by atoms with Gasteiger partial charge in [-0.2, -0.15) is 18.3 Å².